The highest BCUT2D eigenvalue weighted by Gasteiger charge is 2.49. The molecule has 29 heavy (non-hydrogen) atoms. The highest BCUT2D eigenvalue weighted by atomic mass is 28.4. The SMILES string of the molecule is CCC(CC)(C(C)O[Si](C)(C)C(C)O[Si](C)(C)C)[SiH](C)OC(C)(CC)[Si](C)(C)C. The maximum absolute atomic E-state index is 7.09. The van der Waals surface area contributed by atoms with Crippen molar-refractivity contribution < 1.29 is 13.3 Å². The second kappa shape index (κ2) is 10.6. The van der Waals surface area contributed by atoms with Crippen molar-refractivity contribution in [2.24, 2.45) is 0 Å². The molecule has 0 aliphatic heterocycles. The Kier molecular flexibility index (Phi) is 10.8. The molecule has 0 saturated carbocycles. The molecule has 0 bridgehead atoms. The van der Waals surface area contributed by atoms with E-state index in [-0.39, 0.29) is 22.1 Å². The second-order valence-electron chi connectivity index (χ2n) is 11.8. The van der Waals surface area contributed by atoms with Gasteiger partial charge in [0.1, 0.15) is 0 Å². The standard InChI is InChI=1S/C22H54O3Si4/c1-16-21(6,27(8,9)10)25-26(7)22(17-2,18-3)19(4)23-29(14,15)20(5)24-28(11,12)13/h19-20,26H,16-18H2,1-15H3. The predicted molar refractivity (Wildman–Crippen MR) is 141 cm³/mol. The van der Waals surface area contributed by atoms with Gasteiger partial charge < -0.3 is 13.3 Å². The zero-order valence-electron chi connectivity index (χ0n) is 22.6. The fourth-order valence-corrected chi connectivity index (χ4v) is 15.2. The van der Waals surface area contributed by atoms with Crippen LogP contribution in [0.4, 0.5) is 0 Å². The van der Waals surface area contributed by atoms with Crippen molar-refractivity contribution in [3.8, 4) is 0 Å². The summed E-state index contributed by atoms with van der Waals surface area (Å²) in [7, 11) is -6.52. The third-order valence-corrected chi connectivity index (χ3v) is 19.6. The van der Waals surface area contributed by atoms with Gasteiger partial charge in [0.05, 0.1) is 13.8 Å². The van der Waals surface area contributed by atoms with Gasteiger partial charge in [0.25, 0.3) is 0 Å². The Morgan fingerprint density at radius 2 is 1.24 bits per heavy atom. The van der Waals surface area contributed by atoms with Gasteiger partial charge in [0.15, 0.2) is 17.4 Å². The van der Waals surface area contributed by atoms with Gasteiger partial charge in [-0.2, -0.15) is 0 Å². The fraction of sp³-hybridized carbons (Fsp3) is 1.00. The van der Waals surface area contributed by atoms with Gasteiger partial charge in [-0.25, -0.2) is 0 Å². The van der Waals surface area contributed by atoms with E-state index in [0.717, 1.165) is 19.3 Å². The van der Waals surface area contributed by atoms with Crippen LogP contribution in [0.15, 0.2) is 0 Å². The first-order valence-electron chi connectivity index (χ1n) is 11.8. The summed E-state index contributed by atoms with van der Waals surface area (Å²) in [4.78, 5) is 0. The molecule has 0 aromatic heterocycles. The molecule has 0 aliphatic carbocycles. The predicted octanol–water partition coefficient (Wildman–Crippen LogP) is 7.35. The summed E-state index contributed by atoms with van der Waals surface area (Å²) < 4.78 is 20.5. The van der Waals surface area contributed by atoms with Crippen molar-refractivity contribution in [3.05, 3.63) is 0 Å². The molecule has 0 radical (unpaired) electrons. The van der Waals surface area contributed by atoms with Crippen LogP contribution in [0, 0.1) is 0 Å². The van der Waals surface area contributed by atoms with Gasteiger partial charge in [-0.3, -0.25) is 0 Å². The van der Waals surface area contributed by atoms with E-state index in [1.165, 1.54) is 0 Å². The lowest BCUT2D eigenvalue weighted by molar-refractivity contribution is 0.0912. The van der Waals surface area contributed by atoms with Crippen LogP contribution in [0.2, 0.25) is 64.0 Å². The lowest BCUT2D eigenvalue weighted by Crippen LogP contribution is -2.58. The van der Waals surface area contributed by atoms with E-state index in [1.54, 1.807) is 0 Å². The molecular formula is C22H54O3Si4. The van der Waals surface area contributed by atoms with Gasteiger partial charge in [-0.1, -0.05) is 40.4 Å². The number of rotatable bonds is 13. The Labute approximate surface area is 188 Å². The highest BCUT2D eigenvalue weighted by molar-refractivity contribution is 6.79. The monoisotopic (exact) mass is 478 g/mol. The van der Waals surface area contributed by atoms with Gasteiger partial charge in [-0.15, -0.1) is 0 Å². The maximum atomic E-state index is 7.09. The summed E-state index contributed by atoms with van der Waals surface area (Å²) in [6, 6.07) is 0. The Morgan fingerprint density at radius 3 is 1.55 bits per heavy atom. The topological polar surface area (TPSA) is 27.7 Å². The molecule has 0 spiro atoms. The summed E-state index contributed by atoms with van der Waals surface area (Å²) in [5.41, 5.74) is 0.212. The summed E-state index contributed by atoms with van der Waals surface area (Å²) in [6.07, 6.45) is 3.55. The number of hydrogen-bond acceptors (Lipinski definition) is 3. The van der Waals surface area contributed by atoms with Crippen molar-refractivity contribution in [1.29, 1.82) is 0 Å². The first-order valence-corrected chi connectivity index (χ1v) is 23.9. The van der Waals surface area contributed by atoms with Crippen LogP contribution in [0.1, 0.15) is 60.8 Å². The molecule has 4 unspecified atom stereocenters. The highest BCUT2D eigenvalue weighted by Crippen LogP contribution is 2.47. The lowest BCUT2D eigenvalue weighted by atomic mass is 9.96. The van der Waals surface area contributed by atoms with Crippen molar-refractivity contribution in [1.82, 2.24) is 0 Å². The minimum absolute atomic E-state index is 0.0368. The molecule has 3 nitrogen and oxygen atoms in total. The molecule has 0 saturated heterocycles. The minimum Gasteiger partial charge on any atom is -0.417 e. The largest absolute Gasteiger partial charge is 0.417 e. The molecule has 176 valence electrons. The number of hydrogen-bond donors (Lipinski definition) is 0. The normalized spacial score (nSPS) is 19.6. The van der Waals surface area contributed by atoms with Gasteiger partial charge in [0.2, 0.25) is 8.32 Å². The lowest BCUT2D eigenvalue weighted by Gasteiger charge is -2.50. The molecule has 0 aliphatic rings. The molecule has 7 heteroatoms. The van der Waals surface area contributed by atoms with E-state index in [2.05, 4.69) is 100 Å². The molecular weight excluding hydrogens is 425 g/mol. The van der Waals surface area contributed by atoms with Crippen LogP contribution in [-0.2, 0) is 13.3 Å². The average Bonchev–Trinajstić information content (AvgIpc) is 2.53. The average molecular weight is 479 g/mol. The van der Waals surface area contributed by atoms with Crippen molar-refractivity contribution >= 4 is 33.7 Å². The van der Waals surface area contributed by atoms with Crippen LogP contribution in [0.3, 0.4) is 0 Å². The summed E-state index contributed by atoms with van der Waals surface area (Å²) in [6.45, 7) is 35.1. The van der Waals surface area contributed by atoms with E-state index in [1.807, 2.05) is 0 Å². The third kappa shape index (κ3) is 7.68. The van der Waals surface area contributed by atoms with Crippen LogP contribution in [0.25, 0.3) is 0 Å². The smallest absolute Gasteiger partial charge is 0.213 e. The molecule has 0 amide bonds. The molecule has 4 atom stereocenters. The van der Waals surface area contributed by atoms with Crippen LogP contribution in [0.5, 0.6) is 0 Å². The summed E-state index contributed by atoms with van der Waals surface area (Å²) >= 11 is 0. The van der Waals surface area contributed by atoms with Gasteiger partial charge in [0, 0.05) is 16.4 Å². The zero-order valence-corrected chi connectivity index (χ0v) is 26.7. The van der Waals surface area contributed by atoms with E-state index < -0.39 is 33.7 Å². The van der Waals surface area contributed by atoms with Crippen molar-refractivity contribution in [2.45, 2.75) is 142 Å². The zero-order chi connectivity index (χ0) is 23.5. The Balaban J connectivity index is 5.70. The Hall–Kier alpha value is 0.748. The van der Waals surface area contributed by atoms with Crippen molar-refractivity contribution in [2.75, 3.05) is 0 Å². The molecule has 0 N–H and O–H groups in total. The quantitative estimate of drug-likeness (QED) is 0.259. The van der Waals surface area contributed by atoms with Crippen molar-refractivity contribution in [3.63, 3.8) is 0 Å². The minimum atomic E-state index is -1.98. The van der Waals surface area contributed by atoms with Gasteiger partial charge >= 0.3 is 0 Å². The maximum Gasteiger partial charge on any atom is 0.213 e. The first kappa shape index (κ1) is 29.7. The van der Waals surface area contributed by atoms with E-state index in [0.29, 0.717) is 0 Å². The van der Waals surface area contributed by atoms with Gasteiger partial charge in [-0.05, 0) is 79.3 Å². The van der Waals surface area contributed by atoms with E-state index in [9.17, 15) is 0 Å². The van der Waals surface area contributed by atoms with E-state index in [4.69, 9.17) is 13.3 Å². The molecule has 0 rings (SSSR count). The fourth-order valence-electron chi connectivity index (χ4n) is 4.37. The molecule has 0 aromatic carbocycles. The summed E-state index contributed by atoms with van der Waals surface area (Å²) in [5.74, 6) is 0. The Morgan fingerprint density at radius 1 is 0.793 bits per heavy atom. The van der Waals surface area contributed by atoms with Crippen LogP contribution in [-0.4, -0.2) is 50.8 Å². The van der Waals surface area contributed by atoms with Crippen LogP contribution < -0.4 is 0 Å². The first-order chi connectivity index (χ1) is 12.8. The molecule has 0 aromatic rings. The summed E-state index contributed by atoms with van der Waals surface area (Å²) in [5, 5.41) is 0.189. The molecule has 0 fully saturated rings. The second-order valence-corrected chi connectivity index (χ2v) is 28.7. The van der Waals surface area contributed by atoms with Crippen LogP contribution >= 0.6 is 0 Å². The molecule has 0 heterocycles. The third-order valence-electron chi connectivity index (χ3n) is 7.62. The Bertz CT molecular complexity index is 495. The van der Waals surface area contributed by atoms with E-state index >= 15 is 0 Å².